The summed E-state index contributed by atoms with van der Waals surface area (Å²) >= 11 is 0. The van der Waals surface area contributed by atoms with Crippen molar-refractivity contribution in [3.8, 4) is 5.75 Å². The number of hydrogen-bond donors (Lipinski definition) is 1. The third kappa shape index (κ3) is 4.62. The van der Waals surface area contributed by atoms with Crippen LogP contribution in [0, 0.1) is 11.2 Å². The van der Waals surface area contributed by atoms with Crippen molar-refractivity contribution in [2.75, 3.05) is 13.7 Å². The van der Waals surface area contributed by atoms with E-state index in [0.717, 1.165) is 28.7 Å². The molecule has 0 bridgehead atoms. The van der Waals surface area contributed by atoms with E-state index in [2.05, 4.69) is 9.55 Å². The Labute approximate surface area is 198 Å². The number of pyridine rings is 1. The normalized spacial score (nSPS) is 13.7. The molecule has 1 amide bonds. The number of carbonyl (C=O) groups is 2. The van der Waals surface area contributed by atoms with Gasteiger partial charge in [0.25, 0.3) is 0 Å². The molecule has 0 aliphatic carbocycles. The average Bonchev–Trinajstić information content (AvgIpc) is 3.13. The van der Waals surface area contributed by atoms with E-state index in [4.69, 9.17) is 4.74 Å². The lowest BCUT2D eigenvalue weighted by atomic mass is 9.87. The van der Waals surface area contributed by atoms with Crippen molar-refractivity contribution in [3.63, 3.8) is 0 Å². The van der Waals surface area contributed by atoms with Gasteiger partial charge in [0.05, 0.1) is 19.1 Å². The van der Waals surface area contributed by atoms with Gasteiger partial charge in [-0.15, -0.1) is 0 Å². The molecule has 8 heteroatoms. The van der Waals surface area contributed by atoms with Crippen molar-refractivity contribution in [1.82, 2.24) is 14.5 Å². The molecule has 2 aromatic heterocycles. The Balaban J connectivity index is 1.57. The highest BCUT2D eigenvalue weighted by molar-refractivity contribution is 5.84. The van der Waals surface area contributed by atoms with Gasteiger partial charge < -0.3 is 19.3 Å². The number of carbonyl (C=O) groups excluding carboxylic acids is 1. The van der Waals surface area contributed by atoms with Gasteiger partial charge in [-0.3, -0.25) is 9.59 Å². The largest absolute Gasteiger partial charge is 0.494 e. The molecule has 7 nitrogen and oxygen atoms in total. The Morgan fingerprint density at radius 3 is 2.79 bits per heavy atom. The van der Waals surface area contributed by atoms with Crippen LogP contribution in [-0.4, -0.2) is 45.1 Å². The molecule has 1 aromatic carbocycles. The van der Waals surface area contributed by atoms with Gasteiger partial charge >= 0.3 is 5.97 Å². The number of nitrogens with zero attached hydrogens (tertiary/aromatic N) is 3. The molecular weight excluding hydrogens is 437 g/mol. The molecule has 1 N–H and O–H groups in total. The second-order valence-electron chi connectivity index (χ2n) is 9.46. The van der Waals surface area contributed by atoms with E-state index in [-0.39, 0.29) is 11.7 Å². The van der Waals surface area contributed by atoms with Gasteiger partial charge in [-0.05, 0) is 68.5 Å². The molecule has 0 fully saturated rings. The third-order valence-corrected chi connectivity index (χ3v) is 6.69. The van der Waals surface area contributed by atoms with Crippen LogP contribution in [0.1, 0.15) is 49.9 Å². The lowest BCUT2D eigenvalue weighted by Gasteiger charge is -2.29. The summed E-state index contributed by atoms with van der Waals surface area (Å²) in [6.45, 7) is 4.93. The fraction of sp³-hybridized carbons (Fsp3) is 0.423. The van der Waals surface area contributed by atoms with Gasteiger partial charge in [0.1, 0.15) is 5.65 Å². The molecule has 0 unspecified atom stereocenters. The predicted molar refractivity (Wildman–Crippen MR) is 126 cm³/mol. The fourth-order valence-corrected chi connectivity index (χ4v) is 4.58. The van der Waals surface area contributed by atoms with E-state index >= 15 is 0 Å². The first kappa shape index (κ1) is 23.7. The molecule has 0 radical (unpaired) electrons. The number of fused-ring (bicyclic) bond motifs is 3. The number of halogens is 1. The second-order valence-corrected chi connectivity index (χ2v) is 9.46. The molecule has 3 aromatic rings. The number of methoxy groups -OCH3 is 1. The number of carboxylic acid groups (broad SMARTS) is 1. The van der Waals surface area contributed by atoms with Crippen LogP contribution in [0.15, 0.2) is 36.5 Å². The first-order valence-electron chi connectivity index (χ1n) is 11.5. The van der Waals surface area contributed by atoms with E-state index < -0.39 is 17.2 Å². The molecule has 0 spiro atoms. The zero-order valence-corrected chi connectivity index (χ0v) is 19.8. The van der Waals surface area contributed by atoms with Gasteiger partial charge in [0.15, 0.2) is 11.6 Å². The van der Waals surface area contributed by atoms with E-state index in [1.54, 1.807) is 32.2 Å². The monoisotopic (exact) mass is 467 g/mol. The zero-order valence-electron chi connectivity index (χ0n) is 19.8. The highest BCUT2D eigenvalue weighted by Crippen LogP contribution is 2.32. The van der Waals surface area contributed by atoms with Crippen LogP contribution in [0.5, 0.6) is 5.75 Å². The van der Waals surface area contributed by atoms with Crippen LogP contribution in [0.2, 0.25) is 0 Å². The maximum atomic E-state index is 13.9. The zero-order chi connectivity index (χ0) is 24.5. The number of amides is 1. The minimum Gasteiger partial charge on any atom is -0.494 e. The van der Waals surface area contributed by atoms with Gasteiger partial charge in [-0.2, -0.15) is 0 Å². The number of rotatable bonds is 8. The molecule has 34 heavy (non-hydrogen) atoms. The summed E-state index contributed by atoms with van der Waals surface area (Å²) in [5.41, 5.74) is 3.09. The van der Waals surface area contributed by atoms with E-state index in [0.29, 0.717) is 38.9 Å². The standard InChI is InChI=1S/C26H30FN3O4/c1-26(2,25(32)33)11-4-7-23(31)29-13-10-18-19-6-5-12-28-24(19)30(21(18)16-29)15-17-8-9-20(27)22(14-17)34-3/h5-6,8-9,12,14H,4,7,10-11,13,15-16H2,1-3H3,(H,32,33). The first-order chi connectivity index (χ1) is 16.2. The summed E-state index contributed by atoms with van der Waals surface area (Å²) in [4.78, 5) is 30.7. The smallest absolute Gasteiger partial charge is 0.309 e. The van der Waals surface area contributed by atoms with Crippen LogP contribution < -0.4 is 4.74 Å². The van der Waals surface area contributed by atoms with Crippen molar-refractivity contribution in [2.24, 2.45) is 5.41 Å². The summed E-state index contributed by atoms with van der Waals surface area (Å²) in [7, 11) is 1.44. The molecule has 1 aliphatic rings. The molecule has 180 valence electrons. The van der Waals surface area contributed by atoms with Crippen LogP contribution in [-0.2, 0) is 29.1 Å². The van der Waals surface area contributed by atoms with E-state index in [1.165, 1.54) is 18.7 Å². The van der Waals surface area contributed by atoms with Crippen LogP contribution in [0.4, 0.5) is 4.39 Å². The number of benzene rings is 1. The number of aliphatic carboxylic acids is 1. The Bertz CT molecular complexity index is 1230. The summed E-state index contributed by atoms with van der Waals surface area (Å²) < 4.78 is 21.2. The average molecular weight is 468 g/mol. The molecular formula is C26H30FN3O4. The van der Waals surface area contributed by atoms with Gasteiger partial charge in [-0.1, -0.05) is 6.07 Å². The Kier molecular flexibility index (Phi) is 6.59. The molecule has 3 heterocycles. The molecule has 0 saturated heterocycles. The minimum atomic E-state index is -0.850. The summed E-state index contributed by atoms with van der Waals surface area (Å²) in [6.07, 6.45) is 3.77. The van der Waals surface area contributed by atoms with Gasteiger partial charge in [-0.25, -0.2) is 9.37 Å². The van der Waals surface area contributed by atoms with Gasteiger partial charge in [0.2, 0.25) is 5.91 Å². The Morgan fingerprint density at radius 1 is 1.26 bits per heavy atom. The third-order valence-electron chi connectivity index (χ3n) is 6.69. The summed E-state index contributed by atoms with van der Waals surface area (Å²) in [6, 6.07) is 8.78. The fourth-order valence-electron chi connectivity index (χ4n) is 4.58. The SMILES string of the molecule is COc1cc(Cn2c3c(c4cccnc42)CCN(C(=O)CCCC(C)(C)C(=O)O)C3)ccc1F. The lowest BCUT2D eigenvalue weighted by Crippen LogP contribution is -2.36. The quantitative estimate of drug-likeness (QED) is 0.531. The lowest BCUT2D eigenvalue weighted by molar-refractivity contribution is -0.147. The number of ether oxygens (including phenoxy) is 1. The number of aromatic nitrogens is 2. The van der Waals surface area contributed by atoms with Crippen molar-refractivity contribution < 1.29 is 23.8 Å². The Morgan fingerprint density at radius 2 is 2.06 bits per heavy atom. The summed E-state index contributed by atoms with van der Waals surface area (Å²) in [5.74, 6) is -1.04. The molecule has 0 saturated carbocycles. The van der Waals surface area contributed by atoms with Crippen molar-refractivity contribution in [3.05, 3.63) is 59.2 Å². The first-order valence-corrected chi connectivity index (χ1v) is 11.5. The highest BCUT2D eigenvalue weighted by atomic mass is 19.1. The number of carboxylic acids is 1. The van der Waals surface area contributed by atoms with Crippen LogP contribution >= 0.6 is 0 Å². The highest BCUT2D eigenvalue weighted by Gasteiger charge is 2.29. The second kappa shape index (κ2) is 9.44. The number of hydrogen-bond acceptors (Lipinski definition) is 4. The molecule has 1 aliphatic heterocycles. The topological polar surface area (TPSA) is 84.7 Å². The van der Waals surface area contributed by atoms with E-state index in [9.17, 15) is 19.1 Å². The van der Waals surface area contributed by atoms with Crippen LogP contribution in [0.25, 0.3) is 11.0 Å². The van der Waals surface area contributed by atoms with Crippen LogP contribution in [0.3, 0.4) is 0 Å². The Hall–Kier alpha value is -3.42. The van der Waals surface area contributed by atoms with Gasteiger partial charge in [0, 0.05) is 36.8 Å². The predicted octanol–water partition coefficient (Wildman–Crippen LogP) is 4.40. The van der Waals surface area contributed by atoms with Crippen molar-refractivity contribution in [2.45, 2.75) is 52.6 Å². The minimum absolute atomic E-state index is 0.0278. The molecule has 4 rings (SSSR count). The maximum absolute atomic E-state index is 13.9. The maximum Gasteiger partial charge on any atom is 0.309 e. The van der Waals surface area contributed by atoms with E-state index in [1.807, 2.05) is 17.0 Å². The summed E-state index contributed by atoms with van der Waals surface area (Å²) in [5, 5.41) is 10.4. The molecule has 0 atom stereocenters. The van der Waals surface area contributed by atoms with Crippen molar-refractivity contribution >= 4 is 22.9 Å². The van der Waals surface area contributed by atoms with Crippen molar-refractivity contribution in [1.29, 1.82) is 0 Å².